The number of H-pyrrole nitrogens is 2. The molecule has 8 heteroatoms. The van der Waals surface area contributed by atoms with Crippen LogP contribution < -0.4 is 10.4 Å². The Kier molecular flexibility index (Phi) is 5.04. The first-order valence-electron chi connectivity index (χ1n) is 10.7. The summed E-state index contributed by atoms with van der Waals surface area (Å²) in [6.07, 6.45) is 2.12. The van der Waals surface area contributed by atoms with Gasteiger partial charge in [-0.25, -0.2) is 9.97 Å². The van der Waals surface area contributed by atoms with E-state index in [0.29, 0.717) is 17.8 Å². The maximum absolute atomic E-state index is 12.9. The van der Waals surface area contributed by atoms with Gasteiger partial charge in [0.05, 0.1) is 28.0 Å². The number of nitrogens with zero attached hydrogens (tertiary/aromatic N) is 2. The summed E-state index contributed by atoms with van der Waals surface area (Å²) in [5, 5.41) is 1.61. The van der Waals surface area contributed by atoms with Gasteiger partial charge < -0.3 is 4.57 Å². The number of likely N-dealkylation sites (tertiary alicyclic amines) is 1. The Hall–Kier alpha value is -3.13. The quantitative estimate of drug-likeness (QED) is 0.513. The number of pyridine rings is 2. The van der Waals surface area contributed by atoms with E-state index >= 15 is 0 Å². The highest BCUT2D eigenvalue weighted by Crippen LogP contribution is 2.33. The fraction of sp³-hybridized carbons (Fsp3) is 0.333. The number of alkyl halides is 3. The summed E-state index contributed by atoms with van der Waals surface area (Å²) in [6, 6.07) is 9.13. The highest BCUT2D eigenvalue weighted by atomic mass is 19.4. The smallest absolute Gasteiger partial charge is 0.342 e. The van der Waals surface area contributed by atoms with Crippen LogP contribution >= 0.6 is 0 Å². The van der Waals surface area contributed by atoms with E-state index in [0.717, 1.165) is 53.8 Å². The van der Waals surface area contributed by atoms with Crippen LogP contribution in [0.4, 0.5) is 13.2 Å². The molecule has 0 radical (unpaired) electrons. The highest BCUT2D eigenvalue weighted by Gasteiger charge is 2.31. The summed E-state index contributed by atoms with van der Waals surface area (Å²) in [5.41, 5.74) is 1.97. The Morgan fingerprint density at radius 1 is 1.12 bits per heavy atom. The fourth-order valence-corrected chi connectivity index (χ4v) is 4.78. The van der Waals surface area contributed by atoms with Gasteiger partial charge >= 0.3 is 6.18 Å². The van der Waals surface area contributed by atoms with Gasteiger partial charge in [-0.1, -0.05) is 19.1 Å². The second kappa shape index (κ2) is 7.78. The van der Waals surface area contributed by atoms with Crippen LogP contribution in [-0.4, -0.2) is 27.5 Å². The predicted molar refractivity (Wildman–Crippen MR) is 116 cm³/mol. The second-order valence-electron chi connectivity index (χ2n) is 8.67. The summed E-state index contributed by atoms with van der Waals surface area (Å²) >= 11 is 0. The van der Waals surface area contributed by atoms with Crippen LogP contribution in [-0.2, 0) is 12.7 Å². The summed E-state index contributed by atoms with van der Waals surface area (Å²) in [7, 11) is 0. The lowest BCUT2D eigenvalue weighted by molar-refractivity contribution is -0.345. The van der Waals surface area contributed by atoms with E-state index in [-0.39, 0.29) is 11.5 Å². The largest absolute Gasteiger partial charge is 0.416 e. The zero-order chi connectivity index (χ0) is 22.5. The molecule has 0 saturated carbocycles. The molecule has 2 atom stereocenters. The van der Waals surface area contributed by atoms with Gasteiger partial charge in [-0.3, -0.25) is 9.69 Å². The lowest BCUT2D eigenvalue weighted by Crippen LogP contribution is -2.40. The number of hydrogen-bond donors (Lipinski definition) is 1. The minimum absolute atomic E-state index is 0.0272. The predicted octanol–water partition coefficient (Wildman–Crippen LogP) is 4.40. The Morgan fingerprint density at radius 3 is 2.66 bits per heavy atom. The van der Waals surface area contributed by atoms with E-state index in [1.807, 2.05) is 18.5 Å². The third-order valence-corrected chi connectivity index (χ3v) is 6.58. The molecule has 32 heavy (non-hydrogen) atoms. The van der Waals surface area contributed by atoms with Gasteiger partial charge in [0.25, 0.3) is 5.65 Å². The number of benzene rings is 1. The molecule has 1 aliphatic rings. The molecule has 0 spiro atoms. The molecule has 0 amide bonds. The molecule has 1 saturated heterocycles. The highest BCUT2D eigenvalue weighted by molar-refractivity contribution is 6.00. The molecule has 2 unspecified atom stereocenters. The molecule has 1 aliphatic heterocycles. The molecule has 5 rings (SSSR count). The van der Waals surface area contributed by atoms with E-state index < -0.39 is 11.7 Å². The molecule has 4 aromatic rings. The SMILES string of the molecule is CC1CCN(Cc2ccc(C(F)(F)F)cc2)CC1n1ccc(=O)c2c[nH+]c3[nH]ccc3c21. The number of piperidine rings is 1. The van der Waals surface area contributed by atoms with Crippen LogP contribution in [0.3, 0.4) is 0 Å². The minimum atomic E-state index is -4.32. The van der Waals surface area contributed by atoms with Crippen LogP contribution in [0, 0.1) is 5.92 Å². The van der Waals surface area contributed by atoms with Gasteiger partial charge in [0.1, 0.15) is 6.20 Å². The normalized spacial score (nSPS) is 20.2. The third-order valence-electron chi connectivity index (χ3n) is 6.58. The van der Waals surface area contributed by atoms with Crippen molar-refractivity contribution >= 4 is 21.9 Å². The Bertz CT molecular complexity index is 1320. The van der Waals surface area contributed by atoms with Crippen molar-refractivity contribution in [3.63, 3.8) is 0 Å². The van der Waals surface area contributed by atoms with Gasteiger partial charge in [-0.2, -0.15) is 13.2 Å². The number of aromatic nitrogens is 3. The van der Waals surface area contributed by atoms with Crippen molar-refractivity contribution in [3.8, 4) is 0 Å². The van der Waals surface area contributed by atoms with Gasteiger partial charge in [-0.15, -0.1) is 0 Å². The standard InChI is InChI=1S/C24H23F3N4O/c1-15-7-10-30(13-16-2-4-17(5-3-16)24(25,26)27)14-20(15)31-11-8-21(32)19-12-29-23-18(22(19)31)6-9-28-23/h2-6,8-9,11-12,15,20H,7,10,13-14H2,1H3,(H,28,29)/p+1. The number of aromatic amines is 2. The Morgan fingerprint density at radius 2 is 1.91 bits per heavy atom. The summed E-state index contributed by atoms with van der Waals surface area (Å²) in [5.74, 6) is 0.391. The zero-order valence-electron chi connectivity index (χ0n) is 17.6. The lowest BCUT2D eigenvalue weighted by Gasteiger charge is -2.39. The van der Waals surface area contributed by atoms with Gasteiger partial charge in [0.2, 0.25) is 0 Å². The maximum Gasteiger partial charge on any atom is 0.416 e. The van der Waals surface area contributed by atoms with E-state index in [4.69, 9.17) is 0 Å². The molecule has 5 nitrogen and oxygen atoms in total. The molecule has 166 valence electrons. The average molecular weight is 441 g/mol. The first-order chi connectivity index (χ1) is 15.3. The molecule has 0 bridgehead atoms. The Labute approximate surface area is 182 Å². The zero-order valence-corrected chi connectivity index (χ0v) is 17.6. The van der Waals surface area contributed by atoms with Crippen LogP contribution in [0.25, 0.3) is 21.9 Å². The number of halogens is 3. The van der Waals surface area contributed by atoms with Crippen LogP contribution in [0.1, 0.15) is 30.5 Å². The van der Waals surface area contributed by atoms with Crippen LogP contribution in [0.15, 0.2) is 59.8 Å². The Balaban J connectivity index is 1.47. The first-order valence-corrected chi connectivity index (χ1v) is 10.7. The third kappa shape index (κ3) is 3.68. The number of hydrogen-bond acceptors (Lipinski definition) is 2. The van der Waals surface area contributed by atoms with E-state index in [9.17, 15) is 18.0 Å². The molecule has 3 aromatic heterocycles. The molecular formula is C24H24F3N4O+. The van der Waals surface area contributed by atoms with Crippen molar-refractivity contribution in [2.45, 2.75) is 32.1 Å². The van der Waals surface area contributed by atoms with Gasteiger partial charge in [0, 0.05) is 31.4 Å². The van der Waals surface area contributed by atoms with E-state index in [1.54, 1.807) is 24.4 Å². The van der Waals surface area contributed by atoms with Crippen molar-refractivity contribution in [3.05, 3.63) is 76.3 Å². The summed E-state index contributed by atoms with van der Waals surface area (Å²) in [6.45, 7) is 4.44. The second-order valence-corrected chi connectivity index (χ2v) is 8.67. The van der Waals surface area contributed by atoms with Crippen LogP contribution in [0.2, 0.25) is 0 Å². The number of rotatable bonds is 3. The molecule has 4 heterocycles. The molecule has 1 fully saturated rings. The minimum Gasteiger partial charge on any atom is -0.342 e. The molecule has 1 aromatic carbocycles. The van der Waals surface area contributed by atoms with E-state index in [1.165, 1.54) is 0 Å². The lowest BCUT2D eigenvalue weighted by atomic mass is 9.92. The maximum atomic E-state index is 12.9. The van der Waals surface area contributed by atoms with Crippen molar-refractivity contribution < 1.29 is 18.2 Å². The van der Waals surface area contributed by atoms with Gasteiger partial charge in [0.15, 0.2) is 5.43 Å². The van der Waals surface area contributed by atoms with E-state index in [2.05, 4.69) is 26.4 Å². The topological polar surface area (TPSA) is 55.2 Å². The monoisotopic (exact) mass is 441 g/mol. The fourth-order valence-electron chi connectivity index (χ4n) is 4.78. The molecule has 2 N–H and O–H groups in total. The van der Waals surface area contributed by atoms with Crippen molar-refractivity contribution in [1.29, 1.82) is 0 Å². The van der Waals surface area contributed by atoms with Gasteiger partial charge in [-0.05, 0) is 42.6 Å². The van der Waals surface area contributed by atoms with Crippen molar-refractivity contribution in [1.82, 2.24) is 14.5 Å². The van der Waals surface area contributed by atoms with Crippen molar-refractivity contribution in [2.24, 2.45) is 5.92 Å². The number of fused-ring (bicyclic) bond motifs is 3. The number of nitrogens with one attached hydrogen (secondary N) is 2. The molecule has 0 aliphatic carbocycles. The van der Waals surface area contributed by atoms with Crippen molar-refractivity contribution in [2.75, 3.05) is 13.1 Å². The van der Waals surface area contributed by atoms with Crippen LogP contribution in [0.5, 0.6) is 0 Å². The summed E-state index contributed by atoms with van der Waals surface area (Å²) < 4.78 is 40.8. The molecular weight excluding hydrogens is 417 g/mol. The summed E-state index contributed by atoms with van der Waals surface area (Å²) in [4.78, 5) is 21.1. The average Bonchev–Trinajstić information content (AvgIpc) is 3.25. The first kappa shape index (κ1) is 20.8.